The quantitative estimate of drug-likeness (QED) is 0.511. The van der Waals surface area contributed by atoms with Crippen LogP contribution in [0.5, 0.6) is 0 Å². The molecule has 0 fully saturated rings. The molecule has 1 N–H and O–H groups in total. The molecule has 15 heavy (non-hydrogen) atoms. The van der Waals surface area contributed by atoms with Crippen LogP contribution in [0.25, 0.3) is 0 Å². The summed E-state index contributed by atoms with van der Waals surface area (Å²) in [6.07, 6.45) is -7.16. The molecule has 0 spiro atoms. The van der Waals surface area contributed by atoms with Crippen LogP contribution in [0.15, 0.2) is 0 Å². The largest absolute Gasteiger partial charge is 0.522 e. The molecule has 0 heterocycles. The first-order chi connectivity index (χ1) is 6.92. The summed E-state index contributed by atoms with van der Waals surface area (Å²) in [5, 5.41) is 2.54. The van der Waals surface area contributed by atoms with Crippen molar-refractivity contribution in [1.29, 1.82) is 0 Å². The molecule has 0 rings (SSSR count). The van der Waals surface area contributed by atoms with E-state index in [0.29, 0.717) is 0 Å². The zero-order chi connectivity index (χ0) is 11.7. The van der Waals surface area contributed by atoms with Gasteiger partial charge in [-0.25, -0.2) is 8.78 Å². The Morgan fingerprint density at radius 2 is 1.67 bits per heavy atom. The van der Waals surface area contributed by atoms with Gasteiger partial charge in [-0.1, -0.05) is 0 Å². The van der Waals surface area contributed by atoms with Crippen molar-refractivity contribution in [3.05, 3.63) is 0 Å². The van der Waals surface area contributed by atoms with Crippen LogP contribution < -0.4 is 5.32 Å². The maximum atomic E-state index is 11.5. The van der Waals surface area contributed by atoms with Crippen LogP contribution in [-0.4, -0.2) is 45.7 Å². The van der Waals surface area contributed by atoms with Crippen molar-refractivity contribution in [3.8, 4) is 0 Å². The number of rotatable bonds is 8. The Kier molecular flexibility index (Phi) is 7.53. The monoisotopic (exact) mass is 237 g/mol. The second-order valence-corrected chi connectivity index (χ2v) is 2.51. The fourth-order valence-corrected chi connectivity index (χ4v) is 0.681. The topological polar surface area (TPSA) is 30.5 Å². The van der Waals surface area contributed by atoms with Crippen molar-refractivity contribution in [3.63, 3.8) is 0 Å². The summed E-state index contributed by atoms with van der Waals surface area (Å²) < 4.78 is 65.2. The van der Waals surface area contributed by atoms with E-state index in [4.69, 9.17) is 0 Å². The molecule has 0 saturated heterocycles. The zero-order valence-electron chi connectivity index (χ0n) is 7.82. The highest BCUT2D eigenvalue weighted by Crippen LogP contribution is 2.14. The normalized spacial score (nSPS) is 12.4. The Bertz CT molecular complexity index is 153. The van der Waals surface area contributed by atoms with E-state index in [9.17, 15) is 22.0 Å². The molecule has 92 valence electrons. The number of hydrogen-bond donors (Lipinski definition) is 1. The maximum Gasteiger partial charge on any atom is 0.522 e. The van der Waals surface area contributed by atoms with Gasteiger partial charge in [0.25, 0.3) is 6.43 Å². The van der Waals surface area contributed by atoms with E-state index >= 15 is 0 Å². The van der Waals surface area contributed by atoms with Crippen molar-refractivity contribution < 1.29 is 31.4 Å². The first kappa shape index (κ1) is 14.5. The number of ether oxygens (including phenoxy) is 2. The third-order valence-electron chi connectivity index (χ3n) is 1.21. The molecule has 0 aromatic heterocycles. The van der Waals surface area contributed by atoms with Crippen LogP contribution in [0.1, 0.15) is 0 Å². The summed E-state index contributed by atoms with van der Waals surface area (Å²) in [5.74, 6) is 0. The molecule has 0 atom stereocenters. The number of nitrogens with one attached hydrogen (secondary N) is 1. The van der Waals surface area contributed by atoms with E-state index < -0.39 is 26.0 Å². The van der Waals surface area contributed by atoms with Crippen LogP contribution in [-0.2, 0) is 9.47 Å². The third kappa shape index (κ3) is 13.5. The standard InChI is InChI=1S/C7H12F5NO2/c8-6(9)5-14-3-1-13-2-4-15-7(10,11)12/h6,13H,1-5H2. The summed E-state index contributed by atoms with van der Waals surface area (Å²) in [5.41, 5.74) is 0. The average molecular weight is 237 g/mol. The third-order valence-corrected chi connectivity index (χ3v) is 1.21. The van der Waals surface area contributed by atoms with Crippen molar-refractivity contribution >= 4 is 0 Å². The number of halogens is 5. The second kappa shape index (κ2) is 7.77. The molecule has 0 bridgehead atoms. The molecule has 0 unspecified atom stereocenters. The lowest BCUT2D eigenvalue weighted by atomic mass is 10.6. The fraction of sp³-hybridized carbons (Fsp3) is 1.00. The number of hydrogen-bond acceptors (Lipinski definition) is 3. The van der Waals surface area contributed by atoms with E-state index in [1.165, 1.54) is 0 Å². The van der Waals surface area contributed by atoms with Gasteiger partial charge in [0.15, 0.2) is 0 Å². The first-order valence-corrected chi connectivity index (χ1v) is 4.19. The Morgan fingerprint density at radius 3 is 2.20 bits per heavy atom. The molecular weight excluding hydrogens is 225 g/mol. The Morgan fingerprint density at radius 1 is 1.07 bits per heavy atom. The Balaban J connectivity index is 3.06. The van der Waals surface area contributed by atoms with Gasteiger partial charge in [-0.3, -0.25) is 4.74 Å². The molecule has 8 heteroatoms. The molecule has 0 aliphatic carbocycles. The van der Waals surface area contributed by atoms with Gasteiger partial charge < -0.3 is 10.1 Å². The minimum atomic E-state index is -4.63. The molecule has 0 amide bonds. The average Bonchev–Trinajstić information content (AvgIpc) is 2.07. The molecular formula is C7H12F5NO2. The van der Waals surface area contributed by atoms with Crippen LogP contribution in [0, 0.1) is 0 Å². The van der Waals surface area contributed by atoms with Gasteiger partial charge in [0.2, 0.25) is 0 Å². The van der Waals surface area contributed by atoms with Crippen molar-refractivity contribution in [2.75, 3.05) is 32.9 Å². The lowest BCUT2D eigenvalue weighted by Crippen LogP contribution is -2.27. The van der Waals surface area contributed by atoms with Gasteiger partial charge in [-0.05, 0) is 0 Å². The summed E-state index contributed by atoms with van der Waals surface area (Å²) in [7, 11) is 0. The Hall–Kier alpha value is -0.470. The maximum absolute atomic E-state index is 11.5. The SMILES string of the molecule is FC(F)COCCNCCOC(F)(F)F. The van der Waals surface area contributed by atoms with Crippen molar-refractivity contribution in [1.82, 2.24) is 5.32 Å². The molecule has 0 aliphatic heterocycles. The fourth-order valence-electron chi connectivity index (χ4n) is 0.681. The molecule has 3 nitrogen and oxygen atoms in total. The second-order valence-electron chi connectivity index (χ2n) is 2.51. The number of alkyl halides is 5. The molecule has 0 aromatic carbocycles. The first-order valence-electron chi connectivity index (χ1n) is 4.19. The summed E-state index contributed by atoms with van der Waals surface area (Å²) in [6, 6.07) is 0. The highest BCUT2D eigenvalue weighted by molar-refractivity contribution is 4.46. The Labute approximate surface area is 83.5 Å². The van der Waals surface area contributed by atoms with Crippen LogP contribution in [0.4, 0.5) is 22.0 Å². The highest BCUT2D eigenvalue weighted by atomic mass is 19.4. The van der Waals surface area contributed by atoms with E-state index in [1.54, 1.807) is 0 Å². The van der Waals surface area contributed by atoms with E-state index in [1.807, 2.05) is 0 Å². The minimum absolute atomic E-state index is 0.0163. The van der Waals surface area contributed by atoms with Crippen LogP contribution in [0.2, 0.25) is 0 Å². The van der Waals surface area contributed by atoms with Crippen molar-refractivity contribution in [2.24, 2.45) is 0 Å². The lowest BCUT2D eigenvalue weighted by Gasteiger charge is -2.08. The van der Waals surface area contributed by atoms with Gasteiger partial charge >= 0.3 is 6.36 Å². The zero-order valence-corrected chi connectivity index (χ0v) is 7.82. The van der Waals surface area contributed by atoms with Gasteiger partial charge in [0, 0.05) is 13.1 Å². The smallest absolute Gasteiger partial charge is 0.374 e. The van der Waals surface area contributed by atoms with E-state index in [2.05, 4.69) is 14.8 Å². The van der Waals surface area contributed by atoms with Gasteiger partial charge in [-0.15, -0.1) is 13.2 Å². The van der Waals surface area contributed by atoms with Gasteiger partial charge in [-0.2, -0.15) is 0 Å². The predicted octanol–water partition coefficient (Wildman–Crippen LogP) is 1.39. The van der Waals surface area contributed by atoms with Crippen molar-refractivity contribution in [2.45, 2.75) is 12.8 Å². The minimum Gasteiger partial charge on any atom is -0.374 e. The molecule has 0 radical (unpaired) electrons. The molecule has 0 saturated carbocycles. The van der Waals surface area contributed by atoms with E-state index in [-0.39, 0.29) is 19.7 Å². The summed E-state index contributed by atoms with van der Waals surface area (Å²) in [6.45, 7) is -0.971. The molecule has 0 aromatic rings. The summed E-state index contributed by atoms with van der Waals surface area (Å²) >= 11 is 0. The molecule has 0 aliphatic rings. The predicted molar refractivity (Wildman–Crippen MR) is 41.7 cm³/mol. The van der Waals surface area contributed by atoms with Crippen LogP contribution >= 0.6 is 0 Å². The van der Waals surface area contributed by atoms with Crippen LogP contribution in [0.3, 0.4) is 0 Å². The van der Waals surface area contributed by atoms with Gasteiger partial charge in [0.05, 0.1) is 13.2 Å². The van der Waals surface area contributed by atoms with Gasteiger partial charge in [0.1, 0.15) is 6.61 Å². The van der Waals surface area contributed by atoms with E-state index in [0.717, 1.165) is 0 Å². The lowest BCUT2D eigenvalue weighted by molar-refractivity contribution is -0.323. The summed E-state index contributed by atoms with van der Waals surface area (Å²) in [4.78, 5) is 0. The highest BCUT2D eigenvalue weighted by Gasteiger charge is 2.28.